The molecule has 2 rings (SSSR count). The van der Waals surface area contributed by atoms with E-state index in [-0.39, 0.29) is 11.5 Å². The van der Waals surface area contributed by atoms with Crippen molar-refractivity contribution in [2.24, 2.45) is 0 Å². The number of hydrogen-bond acceptors (Lipinski definition) is 4. The van der Waals surface area contributed by atoms with E-state index in [9.17, 15) is 8.42 Å². The van der Waals surface area contributed by atoms with Crippen LogP contribution in [0.1, 0.15) is 12.8 Å². The van der Waals surface area contributed by atoms with Crippen LogP contribution in [0.5, 0.6) is 0 Å². The van der Waals surface area contributed by atoms with Gasteiger partial charge in [-0.15, -0.1) is 0 Å². The fourth-order valence-electron chi connectivity index (χ4n) is 1.75. The summed E-state index contributed by atoms with van der Waals surface area (Å²) in [6, 6.07) is 1.95. The molecule has 2 atom stereocenters. The number of hydrogen-bond donors (Lipinski definition) is 0. The third-order valence-electron chi connectivity index (χ3n) is 2.41. The molecule has 0 aliphatic carbocycles. The van der Waals surface area contributed by atoms with Crippen LogP contribution in [0.25, 0.3) is 0 Å². The summed E-state index contributed by atoms with van der Waals surface area (Å²) in [6.07, 6.45) is 0.859. The van der Waals surface area contributed by atoms with Gasteiger partial charge in [0.05, 0.1) is 17.6 Å². The van der Waals surface area contributed by atoms with E-state index in [1.807, 2.05) is 6.07 Å². The Morgan fingerprint density at radius 3 is 2.83 bits per heavy atom. The van der Waals surface area contributed by atoms with Crippen molar-refractivity contribution in [3.63, 3.8) is 0 Å². The predicted molar refractivity (Wildman–Crippen MR) is 41.1 cm³/mol. The van der Waals surface area contributed by atoms with E-state index in [1.54, 1.807) is 0 Å². The maximum atomic E-state index is 11.2. The highest BCUT2D eigenvalue weighted by atomic mass is 32.2. The van der Waals surface area contributed by atoms with Crippen molar-refractivity contribution in [1.29, 1.82) is 5.26 Å². The molecule has 2 fully saturated rings. The molecule has 2 saturated heterocycles. The number of ether oxygens (including phenoxy) is 1. The molecule has 12 heavy (non-hydrogen) atoms. The minimum atomic E-state index is -2.95. The number of epoxide rings is 1. The minimum absolute atomic E-state index is 0.0399. The molecule has 2 heterocycles. The molecule has 66 valence electrons. The van der Waals surface area contributed by atoms with E-state index in [0.717, 1.165) is 0 Å². The van der Waals surface area contributed by atoms with Crippen molar-refractivity contribution in [1.82, 2.24) is 0 Å². The fourth-order valence-corrected chi connectivity index (χ4v) is 3.59. The highest BCUT2D eigenvalue weighted by molar-refractivity contribution is 7.91. The van der Waals surface area contributed by atoms with Gasteiger partial charge in [0, 0.05) is 0 Å². The molecule has 1 spiro atoms. The first-order chi connectivity index (χ1) is 5.58. The van der Waals surface area contributed by atoms with Gasteiger partial charge in [0.25, 0.3) is 0 Å². The Morgan fingerprint density at radius 1 is 1.58 bits per heavy atom. The van der Waals surface area contributed by atoms with Gasteiger partial charge in [0.1, 0.15) is 5.60 Å². The van der Waals surface area contributed by atoms with E-state index in [0.29, 0.717) is 12.8 Å². The van der Waals surface area contributed by atoms with Gasteiger partial charge in [-0.1, -0.05) is 0 Å². The van der Waals surface area contributed by atoms with Gasteiger partial charge in [-0.25, -0.2) is 8.42 Å². The first-order valence-corrected chi connectivity index (χ1v) is 5.68. The Labute approximate surface area is 71.0 Å². The monoisotopic (exact) mass is 187 g/mol. The molecule has 2 aliphatic rings. The van der Waals surface area contributed by atoms with Crippen molar-refractivity contribution in [2.45, 2.75) is 24.5 Å². The molecule has 0 bridgehead atoms. The maximum Gasteiger partial charge on any atom is 0.174 e. The summed E-state index contributed by atoms with van der Waals surface area (Å²) < 4.78 is 27.4. The molecule has 5 heteroatoms. The average Bonchev–Trinajstić information content (AvgIpc) is 2.60. The second-order valence-corrected chi connectivity index (χ2v) is 5.57. The van der Waals surface area contributed by atoms with Crippen LogP contribution in [0.2, 0.25) is 0 Å². The lowest BCUT2D eigenvalue weighted by molar-refractivity contribution is 0.297. The van der Waals surface area contributed by atoms with Gasteiger partial charge < -0.3 is 4.74 Å². The Balaban J connectivity index is 2.18. The Morgan fingerprint density at radius 2 is 2.33 bits per heavy atom. The predicted octanol–water partition coefficient (Wildman–Crippen LogP) is -0.144. The summed E-state index contributed by atoms with van der Waals surface area (Å²) >= 11 is 0. The number of rotatable bonds is 0. The molecule has 0 radical (unpaired) electrons. The molecule has 0 aromatic heterocycles. The van der Waals surface area contributed by atoms with Crippen molar-refractivity contribution in [3.8, 4) is 6.07 Å². The topological polar surface area (TPSA) is 70.5 Å². The highest BCUT2D eigenvalue weighted by Crippen LogP contribution is 2.44. The zero-order valence-electron chi connectivity index (χ0n) is 6.49. The minimum Gasteiger partial charge on any atom is -0.349 e. The van der Waals surface area contributed by atoms with E-state index in [4.69, 9.17) is 10.00 Å². The quantitative estimate of drug-likeness (QED) is 0.495. The van der Waals surface area contributed by atoms with Gasteiger partial charge in [-0.2, -0.15) is 5.26 Å². The molecule has 2 unspecified atom stereocenters. The summed E-state index contributed by atoms with van der Waals surface area (Å²) in [5.74, 6) is 0.286. The molecule has 2 aliphatic heterocycles. The van der Waals surface area contributed by atoms with Gasteiger partial charge in [0.15, 0.2) is 15.9 Å². The Hall–Kier alpha value is -0.600. The van der Waals surface area contributed by atoms with Crippen LogP contribution in [0.3, 0.4) is 0 Å². The van der Waals surface area contributed by atoms with E-state index < -0.39 is 21.5 Å². The summed E-state index contributed by atoms with van der Waals surface area (Å²) in [5, 5.41) is 8.52. The zero-order valence-corrected chi connectivity index (χ0v) is 7.30. The number of sulfone groups is 1. The van der Waals surface area contributed by atoms with E-state index in [2.05, 4.69) is 0 Å². The zero-order chi connectivity index (χ0) is 8.82. The first-order valence-electron chi connectivity index (χ1n) is 3.86. The second-order valence-electron chi connectivity index (χ2n) is 3.39. The molecule has 0 aromatic carbocycles. The first kappa shape index (κ1) is 8.02. The SMILES string of the molecule is N#CC1OC12CCCS(=O)(=O)C2. The van der Waals surface area contributed by atoms with E-state index in [1.165, 1.54) is 0 Å². The van der Waals surface area contributed by atoms with Gasteiger partial charge in [-0.3, -0.25) is 0 Å². The summed E-state index contributed by atoms with van der Waals surface area (Å²) in [6.45, 7) is 0. The largest absolute Gasteiger partial charge is 0.349 e. The van der Waals surface area contributed by atoms with Crippen LogP contribution >= 0.6 is 0 Å². The highest BCUT2D eigenvalue weighted by Gasteiger charge is 2.60. The van der Waals surface area contributed by atoms with Gasteiger partial charge >= 0.3 is 0 Å². The van der Waals surface area contributed by atoms with Crippen LogP contribution in [0.15, 0.2) is 0 Å². The van der Waals surface area contributed by atoms with Crippen molar-refractivity contribution in [3.05, 3.63) is 0 Å². The van der Waals surface area contributed by atoms with Crippen molar-refractivity contribution in [2.75, 3.05) is 11.5 Å². The van der Waals surface area contributed by atoms with Crippen LogP contribution in [-0.2, 0) is 14.6 Å². The smallest absolute Gasteiger partial charge is 0.174 e. The second kappa shape index (κ2) is 2.21. The molecule has 0 N–H and O–H groups in total. The molecular weight excluding hydrogens is 178 g/mol. The number of nitriles is 1. The summed E-state index contributed by atoms with van der Waals surface area (Å²) in [4.78, 5) is 0. The van der Waals surface area contributed by atoms with Crippen molar-refractivity contribution >= 4 is 9.84 Å². The standard InChI is InChI=1S/C7H9NO3S/c8-4-6-7(11-6)2-1-3-12(9,10)5-7/h6H,1-3,5H2. The van der Waals surface area contributed by atoms with Gasteiger partial charge in [0.2, 0.25) is 0 Å². The maximum absolute atomic E-state index is 11.2. The molecular formula is C7H9NO3S. The van der Waals surface area contributed by atoms with Crippen molar-refractivity contribution < 1.29 is 13.2 Å². The summed E-state index contributed by atoms with van der Waals surface area (Å²) in [5.41, 5.74) is -0.619. The third-order valence-corrected chi connectivity index (χ3v) is 4.25. The lowest BCUT2D eigenvalue weighted by Gasteiger charge is -2.17. The fraction of sp³-hybridized carbons (Fsp3) is 0.857. The van der Waals surface area contributed by atoms with Crippen LogP contribution in [-0.4, -0.2) is 31.6 Å². The Kier molecular flexibility index (Phi) is 1.48. The van der Waals surface area contributed by atoms with Crippen LogP contribution in [0, 0.1) is 11.3 Å². The van der Waals surface area contributed by atoms with Gasteiger partial charge in [-0.05, 0) is 12.8 Å². The molecule has 0 aromatic rings. The molecule has 0 amide bonds. The molecule has 0 saturated carbocycles. The average molecular weight is 187 g/mol. The normalized spacial score (nSPS) is 43.8. The molecule has 4 nitrogen and oxygen atoms in total. The third kappa shape index (κ3) is 1.11. The van der Waals surface area contributed by atoms with Crippen LogP contribution in [0.4, 0.5) is 0 Å². The lowest BCUT2D eigenvalue weighted by Crippen LogP contribution is -2.33. The lowest BCUT2D eigenvalue weighted by atomic mass is 10.0. The summed E-state index contributed by atoms with van der Waals surface area (Å²) in [7, 11) is -2.95. The van der Waals surface area contributed by atoms with E-state index >= 15 is 0 Å². The Bertz CT molecular complexity index is 342. The number of nitrogens with zero attached hydrogens (tertiary/aromatic N) is 1. The van der Waals surface area contributed by atoms with Crippen LogP contribution < -0.4 is 0 Å².